The summed E-state index contributed by atoms with van der Waals surface area (Å²) in [5, 5.41) is 8.09. The lowest BCUT2D eigenvalue weighted by Gasteiger charge is -1.91. The molecular formula is C5H10N2S. The Morgan fingerprint density at radius 2 is 2.50 bits per heavy atom. The molecule has 0 saturated heterocycles. The van der Waals surface area contributed by atoms with Gasteiger partial charge in [-0.2, -0.15) is 5.26 Å². The molecule has 0 spiro atoms. The second-order valence-electron chi connectivity index (χ2n) is 1.31. The maximum Gasteiger partial charge on any atom is 0.0622 e. The molecule has 46 valence electrons. The molecule has 0 bridgehead atoms. The van der Waals surface area contributed by atoms with Gasteiger partial charge in [0.1, 0.15) is 0 Å². The standard InChI is InChI=1S/C5H10N2S/c1-7-8-5-3-2-4-6/h7H,2-3,5H2,1H3. The maximum atomic E-state index is 8.09. The van der Waals surface area contributed by atoms with Crippen LogP contribution in [0.3, 0.4) is 0 Å². The second kappa shape index (κ2) is 6.80. The van der Waals surface area contributed by atoms with Crippen LogP contribution in [0.2, 0.25) is 0 Å². The summed E-state index contributed by atoms with van der Waals surface area (Å²) in [5.41, 5.74) is 0. The minimum atomic E-state index is 0.675. The van der Waals surface area contributed by atoms with Crippen LogP contribution in [0.25, 0.3) is 0 Å². The van der Waals surface area contributed by atoms with E-state index in [0.29, 0.717) is 6.42 Å². The fraction of sp³-hybridized carbons (Fsp3) is 0.800. The largest absolute Gasteiger partial charge is 0.267 e. The van der Waals surface area contributed by atoms with Gasteiger partial charge in [-0.05, 0) is 13.5 Å². The van der Waals surface area contributed by atoms with E-state index in [-0.39, 0.29) is 0 Å². The molecule has 0 radical (unpaired) electrons. The lowest BCUT2D eigenvalue weighted by Crippen LogP contribution is -1.92. The van der Waals surface area contributed by atoms with Crippen molar-refractivity contribution in [2.45, 2.75) is 12.8 Å². The van der Waals surface area contributed by atoms with E-state index in [1.165, 1.54) is 0 Å². The molecule has 0 rings (SSSR count). The van der Waals surface area contributed by atoms with Crippen molar-refractivity contribution in [2.24, 2.45) is 0 Å². The van der Waals surface area contributed by atoms with Gasteiger partial charge in [0.2, 0.25) is 0 Å². The Labute approximate surface area is 54.4 Å². The van der Waals surface area contributed by atoms with E-state index < -0.39 is 0 Å². The third-order valence-electron chi connectivity index (χ3n) is 0.679. The van der Waals surface area contributed by atoms with Gasteiger partial charge < -0.3 is 0 Å². The minimum Gasteiger partial charge on any atom is -0.267 e. The molecule has 8 heavy (non-hydrogen) atoms. The highest BCUT2D eigenvalue weighted by atomic mass is 32.2. The van der Waals surface area contributed by atoms with Crippen molar-refractivity contribution in [3.05, 3.63) is 0 Å². The average molecular weight is 130 g/mol. The normalized spacial score (nSPS) is 8.50. The molecule has 0 heterocycles. The van der Waals surface area contributed by atoms with Crippen molar-refractivity contribution >= 4 is 11.9 Å². The summed E-state index contributed by atoms with van der Waals surface area (Å²) in [5.74, 6) is 1.03. The van der Waals surface area contributed by atoms with Gasteiger partial charge in [0.05, 0.1) is 6.07 Å². The first-order valence-electron chi connectivity index (χ1n) is 2.57. The molecule has 2 nitrogen and oxygen atoms in total. The van der Waals surface area contributed by atoms with Crippen LogP contribution < -0.4 is 4.72 Å². The van der Waals surface area contributed by atoms with Crippen LogP contribution in [0.5, 0.6) is 0 Å². The zero-order valence-corrected chi connectivity index (χ0v) is 5.79. The van der Waals surface area contributed by atoms with Crippen molar-refractivity contribution in [3.63, 3.8) is 0 Å². The first-order valence-corrected chi connectivity index (χ1v) is 3.56. The molecule has 0 aliphatic heterocycles. The predicted octanol–water partition coefficient (Wildman–Crippen LogP) is 1.16. The number of unbranched alkanes of at least 4 members (excludes halogenated alkanes) is 1. The highest BCUT2D eigenvalue weighted by Crippen LogP contribution is 1.96. The van der Waals surface area contributed by atoms with Crippen molar-refractivity contribution in [1.82, 2.24) is 4.72 Å². The number of rotatable bonds is 4. The summed E-state index contributed by atoms with van der Waals surface area (Å²) in [4.78, 5) is 0. The number of hydrogen-bond acceptors (Lipinski definition) is 3. The van der Waals surface area contributed by atoms with Gasteiger partial charge in [-0.1, -0.05) is 11.9 Å². The molecule has 0 saturated carbocycles. The SMILES string of the molecule is CNSCCCC#N. The topological polar surface area (TPSA) is 35.8 Å². The van der Waals surface area contributed by atoms with Crippen molar-refractivity contribution in [3.8, 4) is 6.07 Å². The predicted molar refractivity (Wildman–Crippen MR) is 36.4 cm³/mol. The quantitative estimate of drug-likeness (QED) is 0.458. The molecule has 3 heteroatoms. The summed E-state index contributed by atoms with van der Waals surface area (Å²) >= 11 is 1.65. The molecule has 0 aliphatic carbocycles. The summed E-state index contributed by atoms with van der Waals surface area (Å²) in [6, 6.07) is 2.09. The van der Waals surface area contributed by atoms with Gasteiger partial charge in [0, 0.05) is 12.2 Å². The van der Waals surface area contributed by atoms with E-state index in [0.717, 1.165) is 12.2 Å². The van der Waals surface area contributed by atoms with Gasteiger partial charge in [0.15, 0.2) is 0 Å². The zero-order chi connectivity index (χ0) is 6.24. The van der Waals surface area contributed by atoms with E-state index in [1.807, 2.05) is 7.05 Å². The molecule has 0 atom stereocenters. The van der Waals surface area contributed by atoms with Crippen LogP contribution in [0.4, 0.5) is 0 Å². The number of nitriles is 1. The first-order chi connectivity index (χ1) is 3.91. The monoisotopic (exact) mass is 130 g/mol. The highest BCUT2D eigenvalue weighted by Gasteiger charge is 1.82. The van der Waals surface area contributed by atoms with Gasteiger partial charge in [-0.3, -0.25) is 4.72 Å². The Bertz CT molecular complexity index is 77.0. The zero-order valence-electron chi connectivity index (χ0n) is 4.98. The second-order valence-corrected chi connectivity index (χ2v) is 2.42. The molecular weight excluding hydrogens is 120 g/mol. The molecule has 0 aliphatic rings. The Morgan fingerprint density at radius 1 is 1.75 bits per heavy atom. The minimum absolute atomic E-state index is 0.675. The fourth-order valence-electron chi connectivity index (χ4n) is 0.325. The van der Waals surface area contributed by atoms with Crippen LogP contribution in [-0.2, 0) is 0 Å². The first kappa shape index (κ1) is 7.80. The van der Waals surface area contributed by atoms with Crippen molar-refractivity contribution in [1.29, 1.82) is 5.26 Å². The number of hydrogen-bond donors (Lipinski definition) is 1. The van der Waals surface area contributed by atoms with Gasteiger partial charge in [-0.15, -0.1) is 0 Å². The average Bonchev–Trinajstić information content (AvgIpc) is 1.81. The van der Waals surface area contributed by atoms with Crippen LogP contribution in [0.15, 0.2) is 0 Å². The Hall–Kier alpha value is -0.200. The molecule has 0 aromatic heterocycles. The molecule has 0 aromatic rings. The lowest BCUT2D eigenvalue weighted by atomic mass is 10.4. The third kappa shape index (κ3) is 5.80. The van der Waals surface area contributed by atoms with Crippen molar-refractivity contribution in [2.75, 3.05) is 12.8 Å². The Morgan fingerprint density at radius 3 is 3.00 bits per heavy atom. The van der Waals surface area contributed by atoms with Gasteiger partial charge in [-0.25, -0.2) is 0 Å². The summed E-state index contributed by atoms with van der Waals surface area (Å²) < 4.78 is 2.93. The van der Waals surface area contributed by atoms with Crippen LogP contribution in [0.1, 0.15) is 12.8 Å². The molecule has 0 unspecified atom stereocenters. The highest BCUT2D eigenvalue weighted by molar-refractivity contribution is 7.97. The van der Waals surface area contributed by atoms with Gasteiger partial charge >= 0.3 is 0 Å². The molecule has 1 N–H and O–H groups in total. The van der Waals surface area contributed by atoms with E-state index >= 15 is 0 Å². The van der Waals surface area contributed by atoms with E-state index in [1.54, 1.807) is 11.9 Å². The van der Waals surface area contributed by atoms with Crippen molar-refractivity contribution < 1.29 is 0 Å². The van der Waals surface area contributed by atoms with Crippen LogP contribution in [0, 0.1) is 11.3 Å². The Balaban J connectivity index is 2.65. The molecule has 0 fully saturated rings. The molecule has 0 aromatic carbocycles. The van der Waals surface area contributed by atoms with E-state index in [9.17, 15) is 0 Å². The van der Waals surface area contributed by atoms with E-state index in [4.69, 9.17) is 5.26 Å². The number of nitrogens with one attached hydrogen (secondary N) is 1. The van der Waals surface area contributed by atoms with Gasteiger partial charge in [0.25, 0.3) is 0 Å². The third-order valence-corrected chi connectivity index (χ3v) is 1.46. The number of nitrogens with zero attached hydrogens (tertiary/aromatic N) is 1. The van der Waals surface area contributed by atoms with Crippen LogP contribution in [-0.4, -0.2) is 12.8 Å². The maximum absolute atomic E-state index is 8.09. The summed E-state index contributed by atoms with van der Waals surface area (Å²) in [6.45, 7) is 0. The molecule has 0 amide bonds. The summed E-state index contributed by atoms with van der Waals surface area (Å²) in [7, 11) is 1.89. The lowest BCUT2D eigenvalue weighted by molar-refractivity contribution is 0.978. The fourth-order valence-corrected chi connectivity index (χ4v) is 0.818. The Kier molecular flexibility index (Phi) is 6.63. The smallest absolute Gasteiger partial charge is 0.0622 e. The van der Waals surface area contributed by atoms with Crippen LogP contribution >= 0.6 is 11.9 Å². The van der Waals surface area contributed by atoms with E-state index in [2.05, 4.69) is 10.8 Å². The summed E-state index contributed by atoms with van der Waals surface area (Å²) in [6.07, 6.45) is 1.66.